The maximum absolute atomic E-state index is 9.58. The van der Waals surface area contributed by atoms with Crippen molar-refractivity contribution in [3.8, 4) is 22.9 Å². The highest BCUT2D eigenvalue weighted by Crippen LogP contribution is 2.31. The van der Waals surface area contributed by atoms with Crippen LogP contribution in [0.1, 0.15) is 31.6 Å². The van der Waals surface area contributed by atoms with Gasteiger partial charge in [0.15, 0.2) is 11.5 Å². The van der Waals surface area contributed by atoms with Crippen molar-refractivity contribution in [1.82, 2.24) is 10.1 Å². The molecule has 1 aromatic heterocycles. The topological polar surface area (TPSA) is 94.4 Å². The summed E-state index contributed by atoms with van der Waals surface area (Å²) in [6.45, 7) is 2.57. The number of hydrogen-bond acceptors (Lipinski definition) is 6. The van der Waals surface area contributed by atoms with Crippen LogP contribution in [0.2, 0.25) is 0 Å². The van der Waals surface area contributed by atoms with Crippen LogP contribution in [-0.4, -0.2) is 28.9 Å². The Balaban J connectivity index is 2.28. The number of nitrogens with zero attached hydrogens (tertiary/aromatic N) is 2. The molecule has 0 aliphatic rings. The van der Waals surface area contributed by atoms with Gasteiger partial charge in [-0.05, 0) is 24.6 Å². The highest BCUT2D eigenvalue weighted by Gasteiger charge is 2.18. The predicted octanol–water partition coefficient (Wildman–Crippen LogP) is 2.29. The number of benzene rings is 1. The molecular weight excluding hydrogens is 258 g/mol. The third kappa shape index (κ3) is 2.91. The minimum absolute atomic E-state index is 0.0748. The van der Waals surface area contributed by atoms with Crippen LogP contribution < -0.4 is 10.5 Å². The molecule has 0 fully saturated rings. The van der Waals surface area contributed by atoms with Gasteiger partial charge in [0.05, 0.1) is 13.0 Å². The average Bonchev–Trinajstić information content (AvgIpc) is 2.95. The van der Waals surface area contributed by atoms with Gasteiger partial charge in [-0.3, -0.25) is 0 Å². The summed E-state index contributed by atoms with van der Waals surface area (Å²) < 4.78 is 10.3. The lowest BCUT2D eigenvalue weighted by Gasteiger charge is -2.06. The van der Waals surface area contributed by atoms with Crippen LogP contribution in [0.5, 0.6) is 11.5 Å². The van der Waals surface area contributed by atoms with Crippen molar-refractivity contribution in [3.63, 3.8) is 0 Å². The first-order valence-electron chi connectivity index (χ1n) is 6.60. The fraction of sp³-hybridized carbons (Fsp3) is 0.429. The maximum atomic E-state index is 9.58. The van der Waals surface area contributed by atoms with Crippen LogP contribution in [-0.2, 0) is 0 Å². The summed E-state index contributed by atoms with van der Waals surface area (Å²) in [6, 6.07) is 4.92. The number of phenolic OH excluding ortho intramolecular Hbond substituents is 1. The quantitative estimate of drug-likeness (QED) is 0.841. The number of nitrogens with two attached hydrogens (primary N) is 1. The van der Waals surface area contributed by atoms with Gasteiger partial charge in [-0.1, -0.05) is 18.5 Å². The van der Waals surface area contributed by atoms with E-state index in [1.54, 1.807) is 12.1 Å². The van der Waals surface area contributed by atoms with E-state index in [9.17, 15) is 5.11 Å². The van der Waals surface area contributed by atoms with Gasteiger partial charge in [0.1, 0.15) is 0 Å². The number of methoxy groups -OCH3 is 1. The van der Waals surface area contributed by atoms with Crippen molar-refractivity contribution in [3.05, 3.63) is 24.1 Å². The molecule has 2 rings (SSSR count). The number of phenols is 1. The summed E-state index contributed by atoms with van der Waals surface area (Å²) in [7, 11) is 1.49. The first kappa shape index (κ1) is 14.3. The lowest BCUT2D eigenvalue weighted by Crippen LogP contribution is -2.12. The second kappa shape index (κ2) is 6.38. The monoisotopic (exact) mass is 277 g/mol. The van der Waals surface area contributed by atoms with E-state index < -0.39 is 0 Å². The Morgan fingerprint density at radius 2 is 2.25 bits per heavy atom. The summed E-state index contributed by atoms with van der Waals surface area (Å²) in [4.78, 5) is 4.38. The SMILES string of the molecule is CCCC(CN)c1nc(-c2ccc(O)c(OC)c2)no1. The van der Waals surface area contributed by atoms with E-state index in [0.29, 0.717) is 24.0 Å². The summed E-state index contributed by atoms with van der Waals surface area (Å²) in [5.41, 5.74) is 6.45. The molecule has 0 amide bonds. The molecule has 1 heterocycles. The van der Waals surface area contributed by atoms with Crippen LogP contribution in [0.15, 0.2) is 22.7 Å². The second-order valence-electron chi connectivity index (χ2n) is 4.56. The molecule has 0 aliphatic carbocycles. The highest BCUT2D eigenvalue weighted by molar-refractivity contribution is 5.60. The van der Waals surface area contributed by atoms with Crippen molar-refractivity contribution in [2.75, 3.05) is 13.7 Å². The van der Waals surface area contributed by atoms with Gasteiger partial charge in [0.25, 0.3) is 0 Å². The van der Waals surface area contributed by atoms with Crippen molar-refractivity contribution in [2.45, 2.75) is 25.7 Å². The van der Waals surface area contributed by atoms with Crippen molar-refractivity contribution < 1.29 is 14.4 Å². The molecular formula is C14H19N3O3. The third-order valence-corrected chi connectivity index (χ3v) is 3.15. The van der Waals surface area contributed by atoms with Crippen LogP contribution >= 0.6 is 0 Å². The molecule has 2 aromatic rings. The molecule has 6 nitrogen and oxygen atoms in total. The lowest BCUT2D eigenvalue weighted by atomic mass is 10.0. The zero-order valence-electron chi connectivity index (χ0n) is 11.7. The Bertz CT molecular complexity index is 569. The molecule has 1 aromatic carbocycles. The van der Waals surface area contributed by atoms with Gasteiger partial charge >= 0.3 is 0 Å². The minimum atomic E-state index is 0.0748. The fourth-order valence-corrected chi connectivity index (χ4v) is 2.03. The van der Waals surface area contributed by atoms with Crippen molar-refractivity contribution in [1.29, 1.82) is 0 Å². The van der Waals surface area contributed by atoms with Gasteiger partial charge in [-0.15, -0.1) is 0 Å². The fourth-order valence-electron chi connectivity index (χ4n) is 2.03. The number of aromatic hydroxyl groups is 1. The van der Waals surface area contributed by atoms with E-state index in [1.165, 1.54) is 13.2 Å². The number of rotatable bonds is 6. The average molecular weight is 277 g/mol. The highest BCUT2D eigenvalue weighted by atomic mass is 16.5. The van der Waals surface area contributed by atoms with Crippen LogP contribution in [0.4, 0.5) is 0 Å². The van der Waals surface area contributed by atoms with Crippen LogP contribution in [0.25, 0.3) is 11.4 Å². The first-order valence-corrected chi connectivity index (χ1v) is 6.60. The van der Waals surface area contributed by atoms with E-state index in [0.717, 1.165) is 18.4 Å². The Hall–Kier alpha value is -2.08. The Labute approximate surface area is 117 Å². The summed E-state index contributed by atoms with van der Waals surface area (Å²) >= 11 is 0. The Morgan fingerprint density at radius 1 is 1.45 bits per heavy atom. The summed E-state index contributed by atoms with van der Waals surface area (Å²) in [6.07, 6.45) is 1.92. The van der Waals surface area contributed by atoms with Gasteiger partial charge in [0.2, 0.25) is 11.7 Å². The van der Waals surface area contributed by atoms with Gasteiger partial charge in [-0.25, -0.2) is 0 Å². The number of hydrogen-bond donors (Lipinski definition) is 2. The van der Waals surface area contributed by atoms with Gasteiger partial charge in [-0.2, -0.15) is 4.98 Å². The zero-order chi connectivity index (χ0) is 14.5. The van der Waals surface area contributed by atoms with Gasteiger partial charge < -0.3 is 20.1 Å². The van der Waals surface area contributed by atoms with Crippen LogP contribution in [0.3, 0.4) is 0 Å². The van der Waals surface area contributed by atoms with Crippen LogP contribution in [0, 0.1) is 0 Å². The Kier molecular flexibility index (Phi) is 4.57. The molecule has 0 saturated heterocycles. The molecule has 6 heteroatoms. The molecule has 3 N–H and O–H groups in total. The standard InChI is InChI=1S/C14H19N3O3/c1-3-4-10(8-15)14-16-13(17-20-14)9-5-6-11(18)12(7-9)19-2/h5-7,10,18H,3-4,8,15H2,1-2H3. The molecule has 0 spiro atoms. The van der Waals surface area contributed by atoms with E-state index in [2.05, 4.69) is 17.1 Å². The molecule has 20 heavy (non-hydrogen) atoms. The summed E-state index contributed by atoms with van der Waals surface area (Å²) in [5.74, 6) is 1.55. The lowest BCUT2D eigenvalue weighted by molar-refractivity contribution is 0.347. The van der Waals surface area contributed by atoms with Crippen molar-refractivity contribution in [2.24, 2.45) is 5.73 Å². The van der Waals surface area contributed by atoms with Gasteiger partial charge in [0, 0.05) is 12.1 Å². The van der Waals surface area contributed by atoms with Crippen molar-refractivity contribution >= 4 is 0 Å². The largest absolute Gasteiger partial charge is 0.504 e. The zero-order valence-corrected chi connectivity index (χ0v) is 11.7. The minimum Gasteiger partial charge on any atom is -0.504 e. The molecule has 0 aliphatic heterocycles. The normalized spacial score (nSPS) is 12.3. The number of aromatic nitrogens is 2. The van der Waals surface area contributed by atoms with E-state index in [4.69, 9.17) is 15.0 Å². The molecule has 0 saturated carbocycles. The summed E-state index contributed by atoms with van der Waals surface area (Å²) in [5, 5.41) is 13.5. The molecule has 1 unspecified atom stereocenters. The van der Waals surface area contributed by atoms with E-state index in [1.807, 2.05) is 0 Å². The Morgan fingerprint density at radius 3 is 2.90 bits per heavy atom. The maximum Gasteiger partial charge on any atom is 0.231 e. The van der Waals surface area contributed by atoms with E-state index >= 15 is 0 Å². The third-order valence-electron chi connectivity index (χ3n) is 3.15. The predicted molar refractivity (Wildman–Crippen MR) is 74.7 cm³/mol. The number of ether oxygens (including phenoxy) is 1. The molecule has 108 valence electrons. The first-order chi connectivity index (χ1) is 9.69. The molecule has 1 atom stereocenters. The molecule has 0 bridgehead atoms. The molecule has 0 radical (unpaired) electrons. The smallest absolute Gasteiger partial charge is 0.231 e. The second-order valence-corrected chi connectivity index (χ2v) is 4.56. The van der Waals surface area contributed by atoms with E-state index in [-0.39, 0.29) is 11.7 Å².